The molecular weight excluding hydrogens is 388 g/mol. The van der Waals surface area contributed by atoms with Gasteiger partial charge in [-0.15, -0.1) is 0 Å². The molecule has 0 bridgehead atoms. The van der Waals surface area contributed by atoms with E-state index in [1.807, 2.05) is 43.3 Å². The molecule has 2 aromatic heterocycles. The first kappa shape index (κ1) is 20.6. The molecule has 0 aliphatic heterocycles. The van der Waals surface area contributed by atoms with E-state index < -0.39 is 0 Å². The van der Waals surface area contributed by atoms with E-state index in [1.165, 1.54) is 11.1 Å². The van der Waals surface area contributed by atoms with Crippen LogP contribution in [-0.4, -0.2) is 27.0 Å². The second kappa shape index (κ2) is 9.00. The third-order valence-corrected chi connectivity index (χ3v) is 5.12. The average Bonchev–Trinajstić information content (AvgIpc) is 3.12. The minimum absolute atomic E-state index is 0.175. The number of carbonyl (C=O) groups is 1. The molecule has 0 fully saturated rings. The van der Waals surface area contributed by atoms with Crippen LogP contribution in [0.4, 0.5) is 0 Å². The summed E-state index contributed by atoms with van der Waals surface area (Å²) in [6, 6.07) is 17.4. The number of fused-ring (bicyclic) bond motifs is 1. The Kier molecular flexibility index (Phi) is 5.98. The summed E-state index contributed by atoms with van der Waals surface area (Å²) in [4.78, 5) is 21.4. The van der Waals surface area contributed by atoms with Crippen LogP contribution >= 0.6 is 0 Å². The molecule has 0 saturated heterocycles. The van der Waals surface area contributed by atoms with Crippen LogP contribution in [0.25, 0.3) is 11.0 Å². The Labute approximate surface area is 181 Å². The molecule has 1 unspecified atom stereocenters. The van der Waals surface area contributed by atoms with Crippen molar-refractivity contribution in [1.29, 1.82) is 0 Å². The van der Waals surface area contributed by atoms with Crippen molar-refractivity contribution in [1.82, 2.24) is 19.9 Å². The summed E-state index contributed by atoms with van der Waals surface area (Å²) in [7, 11) is 0. The summed E-state index contributed by atoms with van der Waals surface area (Å²) in [5, 5.41) is 3.03. The molecule has 0 spiro atoms. The number of hydrogen-bond acceptors (Lipinski definition) is 4. The van der Waals surface area contributed by atoms with Crippen molar-refractivity contribution < 1.29 is 9.53 Å². The van der Waals surface area contributed by atoms with Gasteiger partial charge in [0.05, 0.1) is 29.2 Å². The fourth-order valence-corrected chi connectivity index (χ4v) is 3.77. The largest absolute Gasteiger partial charge is 0.492 e. The molecule has 1 N–H and O–H groups in total. The van der Waals surface area contributed by atoms with E-state index in [0.29, 0.717) is 18.7 Å². The van der Waals surface area contributed by atoms with Gasteiger partial charge in [0.15, 0.2) is 0 Å². The first-order valence-corrected chi connectivity index (χ1v) is 10.4. The van der Waals surface area contributed by atoms with Crippen molar-refractivity contribution in [2.75, 3.05) is 6.61 Å². The minimum Gasteiger partial charge on any atom is -0.492 e. The molecular formula is C25H26N4O2. The van der Waals surface area contributed by atoms with Gasteiger partial charge in [0.25, 0.3) is 5.91 Å². The highest BCUT2D eigenvalue weighted by Crippen LogP contribution is 2.22. The van der Waals surface area contributed by atoms with Gasteiger partial charge in [-0.05, 0) is 68.3 Å². The number of hydrogen-bond donors (Lipinski definition) is 1. The number of benzene rings is 2. The second-order valence-electron chi connectivity index (χ2n) is 7.72. The van der Waals surface area contributed by atoms with E-state index >= 15 is 0 Å². The summed E-state index contributed by atoms with van der Waals surface area (Å²) in [5.41, 5.74) is 4.79. The third-order valence-electron chi connectivity index (χ3n) is 5.12. The lowest BCUT2D eigenvalue weighted by molar-refractivity contribution is 0.0937. The van der Waals surface area contributed by atoms with E-state index in [9.17, 15) is 4.79 Å². The van der Waals surface area contributed by atoms with Crippen molar-refractivity contribution in [3.8, 4) is 5.75 Å². The Hall–Kier alpha value is -3.67. The zero-order chi connectivity index (χ0) is 21.8. The van der Waals surface area contributed by atoms with Crippen LogP contribution in [0.2, 0.25) is 0 Å². The molecule has 1 amide bonds. The van der Waals surface area contributed by atoms with Crippen molar-refractivity contribution in [3.05, 3.63) is 89.5 Å². The predicted octanol–water partition coefficient (Wildman–Crippen LogP) is 4.62. The zero-order valence-corrected chi connectivity index (χ0v) is 18.0. The Balaban J connectivity index is 1.54. The molecule has 6 nitrogen and oxygen atoms in total. The van der Waals surface area contributed by atoms with Gasteiger partial charge in [0, 0.05) is 12.4 Å². The monoisotopic (exact) mass is 414 g/mol. The van der Waals surface area contributed by atoms with Crippen LogP contribution < -0.4 is 10.1 Å². The van der Waals surface area contributed by atoms with E-state index in [0.717, 1.165) is 22.6 Å². The molecule has 0 saturated carbocycles. The summed E-state index contributed by atoms with van der Waals surface area (Å²) in [6.07, 6.45) is 3.21. The lowest BCUT2D eigenvalue weighted by Gasteiger charge is -2.17. The van der Waals surface area contributed by atoms with Gasteiger partial charge in [-0.25, -0.2) is 4.98 Å². The number of aromatic nitrogens is 3. The third kappa shape index (κ3) is 4.74. The second-order valence-corrected chi connectivity index (χ2v) is 7.72. The summed E-state index contributed by atoms with van der Waals surface area (Å²) in [5.74, 6) is 1.48. The quantitative estimate of drug-likeness (QED) is 0.479. The van der Waals surface area contributed by atoms with Gasteiger partial charge in [-0.2, -0.15) is 0 Å². The summed E-state index contributed by atoms with van der Waals surface area (Å²) in [6.45, 7) is 7.19. The number of ether oxygens (including phenoxy) is 1. The van der Waals surface area contributed by atoms with Crippen LogP contribution in [0.3, 0.4) is 0 Å². The van der Waals surface area contributed by atoms with Gasteiger partial charge in [0.1, 0.15) is 18.2 Å². The number of aryl methyl sites for hydroxylation is 2. The van der Waals surface area contributed by atoms with Crippen molar-refractivity contribution >= 4 is 16.9 Å². The van der Waals surface area contributed by atoms with Gasteiger partial charge in [-0.1, -0.05) is 18.2 Å². The average molecular weight is 415 g/mol. The van der Waals surface area contributed by atoms with Crippen molar-refractivity contribution in [2.45, 2.75) is 33.4 Å². The lowest BCUT2D eigenvalue weighted by atomic mass is 10.1. The van der Waals surface area contributed by atoms with E-state index in [4.69, 9.17) is 9.72 Å². The van der Waals surface area contributed by atoms with Gasteiger partial charge in [-0.3, -0.25) is 9.78 Å². The van der Waals surface area contributed by atoms with Gasteiger partial charge in [0.2, 0.25) is 0 Å². The normalized spacial score (nSPS) is 12.0. The minimum atomic E-state index is -0.277. The van der Waals surface area contributed by atoms with E-state index in [-0.39, 0.29) is 11.9 Å². The maximum atomic E-state index is 12.6. The maximum absolute atomic E-state index is 12.6. The Morgan fingerprint density at radius 3 is 2.61 bits per heavy atom. The molecule has 6 heteroatoms. The highest BCUT2D eigenvalue weighted by molar-refractivity contribution is 5.94. The molecule has 0 aliphatic carbocycles. The number of imidazole rings is 1. The van der Waals surface area contributed by atoms with Gasteiger partial charge >= 0.3 is 0 Å². The summed E-state index contributed by atoms with van der Waals surface area (Å²) >= 11 is 0. The van der Waals surface area contributed by atoms with Crippen LogP contribution in [-0.2, 0) is 6.54 Å². The smallest absolute Gasteiger partial charge is 0.253 e. The first-order chi connectivity index (χ1) is 15.0. The molecule has 2 aromatic carbocycles. The lowest BCUT2D eigenvalue weighted by Crippen LogP contribution is -2.29. The number of para-hydroxylation sites is 2. The van der Waals surface area contributed by atoms with E-state index in [2.05, 4.69) is 34.8 Å². The molecule has 4 aromatic rings. The zero-order valence-electron chi connectivity index (χ0n) is 18.0. The molecule has 4 rings (SSSR count). The number of pyridine rings is 1. The molecule has 1 atom stereocenters. The fourth-order valence-electron chi connectivity index (χ4n) is 3.77. The molecule has 0 aliphatic rings. The number of nitrogens with zero attached hydrogens (tertiary/aromatic N) is 3. The Bertz CT molecular complexity index is 1180. The number of amides is 1. The van der Waals surface area contributed by atoms with Gasteiger partial charge < -0.3 is 14.6 Å². The standard InChI is InChI=1S/C25H26N4O2/c1-17-13-18(2)15-21(14-17)31-12-11-29-23-9-5-4-8-22(23)28-24(29)19(3)27-25(30)20-7-6-10-26-16-20/h4-10,13-16,19H,11-12H2,1-3H3,(H,27,30). The highest BCUT2D eigenvalue weighted by atomic mass is 16.5. The maximum Gasteiger partial charge on any atom is 0.253 e. The molecule has 158 valence electrons. The Morgan fingerprint density at radius 1 is 1.10 bits per heavy atom. The summed E-state index contributed by atoms with van der Waals surface area (Å²) < 4.78 is 8.15. The van der Waals surface area contributed by atoms with E-state index in [1.54, 1.807) is 24.5 Å². The SMILES string of the molecule is Cc1cc(C)cc(OCCn2c(C(C)NC(=O)c3cccnc3)nc3ccccc32)c1. The van der Waals surface area contributed by atoms with Crippen LogP contribution in [0.5, 0.6) is 5.75 Å². The van der Waals surface area contributed by atoms with Crippen LogP contribution in [0.15, 0.2) is 67.0 Å². The molecule has 2 heterocycles. The van der Waals surface area contributed by atoms with Crippen molar-refractivity contribution in [2.24, 2.45) is 0 Å². The first-order valence-electron chi connectivity index (χ1n) is 10.4. The number of nitrogens with one attached hydrogen (secondary N) is 1. The number of rotatable bonds is 7. The fraction of sp³-hybridized carbons (Fsp3) is 0.240. The topological polar surface area (TPSA) is 69.0 Å². The highest BCUT2D eigenvalue weighted by Gasteiger charge is 2.19. The Morgan fingerprint density at radius 2 is 1.87 bits per heavy atom. The molecule has 0 radical (unpaired) electrons. The van der Waals surface area contributed by atoms with Crippen LogP contribution in [0.1, 0.15) is 40.3 Å². The number of carbonyl (C=O) groups excluding carboxylic acids is 1. The predicted molar refractivity (Wildman–Crippen MR) is 121 cm³/mol. The van der Waals surface area contributed by atoms with Crippen LogP contribution in [0, 0.1) is 13.8 Å². The molecule has 31 heavy (non-hydrogen) atoms. The van der Waals surface area contributed by atoms with Crippen molar-refractivity contribution in [3.63, 3.8) is 0 Å².